The first-order valence-corrected chi connectivity index (χ1v) is 11.3. The smallest absolute Gasteiger partial charge is 0.243 e. The van der Waals surface area contributed by atoms with Gasteiger partial charge in [-0.2, -0.15) is 9.29 Å². The third-order valence-electron chi connectivity index (χ3n) is 5.20. The van der Waals surface area contributed by atoms with Crippen LogP contribution in [0.2, 0.25) is 0 Å². The van der Waals surface area contributed by atoms with Crippen LogP contribution in [0.5, 0.6) is 11.5 Å². The van der Waals surface area contributed by atoms with E-state index in [2.05, 4.69) is 20.1 Å². The second-order valence-corrected chi connectivity index (χ2v) is 9.13. The van der Waals surface area contributed by atoms with Crippen molar-refractivity contribution in [3.8, 4) is 23.0 Å². The molecule has 0 bridgehead atoms. The Kier molecular flexibility index (Phi) is 6.14. The van der Waals surface area contributed by atoms with Gasteiger partial charge in [-0.1, -0.05) is 5.16 Å². The largest absolute Gasteiger partial charge is 0.493 e. The molecule has 11 heteroatoms. The van der Waals surface area contributed by atoms with E-state index in [1.165, 1.54) is 30.7 Å². The number of benzene rings is 1. The first kappa shape index (κ1) is 21.2. The molecule has 3 aromatic rings. The fourth-order valence-electron chi connectivity index (χ4n) is 3.64. The molecule has 1 fully saturated rings. The van der Waals surface area contributed by atoms with Gasteiger partial charge in [0.2, 0.25) is 21.7 Å². The third-order valence-corrected chi connectivity index (χ3v) is 7.06. The van der Waals surface area contributed by atoms with Crippen molar-refractivity contribution in [3.63, 3.8) is 0 Å². The molecule has 0 amide bonds. The van der Waals surface area contributed by atoms with Crippen molar-refractivity contribution in [2.75, 3.05) is 27.3 Å². The molecule has 31 heavy (non-hydrogen) atoms. The maximum atomic E-state index is 13.2. The lowest BCUT2D eigenvalue weighted by Gasteiger charge is -2.31. The number of hydrogen-bond donors (Lipinski definition) is 0. The molecule has 10 nitrogen and oxygen atoms in total. The highest BCUT2D eigenvalue weighted by atomic mass is 32.2. The van der Waals surface area contributed by atoms with E-state index in [0.29, 0.717) is 48.4 Å². The molecule has 1 aliphatic heterocycles. The normalized spacial score (nSPS) is 17.4. The zero-order valence-electron chi connectivity index (χ0n) is 17.3. The van der Waals surface area contributed by atoms with Crippen molar-refractivity contribution in [2.24, 2.45) is 5.92 Å². The molecule has 1 atom stereocenters. The Bertz CT molecular complexity index is 1140. The molecule has 1 saturated heterocycles. The van der Waals surface area contributed by atoms with E-state index in [1.54, 1.807) is 24.7 Å². The van der Waals surface area contributed by atoms with Crippen molar-refractivity contribution >= 4 is 10.0 Å². The lowest BCUT2D eigenvalue weighted by Crippen LogP contribution is -2.40. The highest BCUT2D eigenvalue weighted by molar-refractivity contribution is 7.89. The first-order chi connectivity index (χ1) is 15.0. The van der Waals surface area contributed by atoms with Gasteiger partial charge in [0.05, 0.1) is 25.3 Å². The van der Waals surface area contributed by atoms with Crippen molar-refractivity contribution in [1.29, 1.82) is 0 Å². The van der Waals surface area contributed by atoms with Gasteiger partial charge in [-0.3, -0.25) is 4.98 Å². The predicted octanol–water partition coefficient (Wildman–Crippen LogP) is 2.19. The summed E-state index contributed by atoms with van der Waals surface area (Å²) in [5.41, 5.74) is 0.527. The molecule has 0 aliphatic carbocycles. The molecular formula is C20H23N5O5S. The van der Waals surface area contributed by atoms with Gasteiger partial charge in [0.15, 0.2) is 11.5 Å². The van der Waals surface area contributed by atoms with Crippen molar-refractivity contribution in [3.05, 3.63) is 42.7 Å². The average Bonchev–Trinajstić information content (AvgIpc) is 3.27. The number of methoxy groups -OCH3 is 2. The molecule has 0 spiro atoms. The van der Waals surface area contributed by atoms with Gasteiger partial charge in [-0.05, 0) is 30.9 Å². The molecule has 3 heterocycles. The summed E-state index contributed by atoms with van der Waals surface area (Å²) in [6.07, 6.45) is 6.81. The van der Waals surface area contributed by atoms with Gasteiger partial charge in [0.25, 0.3) is 0 Å². The van der Waals surface area contributed by atoms with Crippen LogP contribution >= 0.6 is 0 Å². The van der Waals surface area contributed by atoms with E-state index in [0.717, 1.165) is 12.8 Å². The quantitative estimate of drug-likeness (QED) is 0.539. The molecule has 2 aromatic heterocycles. The lowest BCUT2D eigenvalue weighted by molar-refractivity contribution is 0.247. The monoisotopic (exact) mass is 445 g/mol. The van der Waals surface area contributed by atoms with Crippen LogP contribution in [0.3, 0.4) is 0 Å². The van der Waals surface area contributed by atoms with Gasteiger partial charge in [-0.25, -0.2) is 13.4 Å². The molecule has 0 saturated carbocycles. The number of nitrogens with zero attached hydrogens (tertiary/aromatic N) is 5. The Morgan fingerprint density at radius 1 is 1.19 bits per heavy atom. The fraction of sp³-hybridized carbons (Fsp3) is 0.400. The molecule has 0 N–H and O–H groups in total. The van der Waals surface area contributed by atoms with E-state index in [9.17, 15) is 8.42 Å². The standard InChI is InChI=1S/C20H23N5O5S/c1-28-17-6-5-15(11-18(17)29-2)31(26,27)25-9-3-4-14(13-25)10-19-23-20(24-30-19)16-12-21-7-8-22-16/h5-8,11-12,14H,3-4,9-10,13H2,1-2H3. The van der Waals surface area contributed by atoms with E-state index in [1.807, 2.05) is 0 Å². The van der Waals surface area contributed by atoms with Gasteiger partial charge in [0, 0.05) is 38.0 Å². The van der Waals surface area contributed by atoms with Crippen molar-refractivity contribution in [1.82, 2.24) is 24.4 Å². The van der Waals surface area contributed by atoms with Crippen molar-refractivity contribution < 1.29 is 22.4 Å². The zero-order chi connectivity index (χ0) is 21.8. The number of aromatic nitrogens is 4. The number of ether oxygens (including phenoxy) is 2. The maximum Gasteiger partial charge on any atom is 0.243 e. The SMILES string of the molecule is COc1ccc(S(=O)(=O)N2CCCC(Cc3nc(-c4cnccn4)no3)C2)cc1OC. The zero-order valence-corrected chi connectivity index (χ0v) is 18.1. The average molecular weight is 446 g/mol. The highest BCUT2D eigenvalue weighted by Gasteiger charge is 2.32. The van der Waals surface area contributed by atoms with Crippen LogP contribution in [0.4, 0.5) is 0 Å². The number of sulfonamides is 1. The van der Waals surface area contributed by atoms with Crippen LogP contribution < -0.4 is 9.47 Å². The highest BCUT2D eigenvalue weighted by Crippen LogP contribution is 2.32. The van der Waals surface area contributed by atoms with E-state index in [-0.39, 0.29) is 10.8 Å². The van der Waals surface area contributed by atoms with Crippen LogP contribution in [-0.4, -0.2) is 60.1 Å². The fourth-order valence-corrected chi connectivity index (χ4v) is 5.21. The Hall–Kier alpha value is -3.05. The second-order valence-electron chi connectivity index (χ2n) is 7.19. The summed E-state index contributed by atoms with van der Waals surface area (Å²) < 4.78 is 43.7. The van der Waals surface area contributed by atoms with E-state index >= 15 is 0 Å². The molecule has 0 radical (unpaired) electrons. The Balaban J connectivity index is 1.48. The Morgan fingerprint density at radius 3 is 2.77 bits per heavy atom. The molecule has 1 aromatic carbocycles. The number of hydrogen-bond acceptors (Lipinski definition) is 9. The lowest BCUT2D eigenvalue weighted by atomic mass is 9.96. The molecule has 1 aliphatic rings. The predicted molar refractivity (Wildman–Crippen MR) is 110 cm³/mol. The summed E-state index contributed by atoms with van der Waals surface area (Å²) in [5.74, 6) is 1.75. The Labute approximate surface area is 180 Å². The minimum absolute atomic E-state index is 0.0684. The summed E-state index contributed by atoms with van der Waals surface area (Å²) in [6.45, 7) is 0.835. The molecule has 1 unspecified atom stereocenters. The summed E-state index contributed by atoms with van der Waals surface area (Å²) in [6, 6.07) is 4.62. The third kappa shape index (κ3) is 4.52. The van der Waals surface area contributed by atoms with Crippen LogP contribution in [0.25, 0.3) is 11.5 Å². The van der Waals surface area contributed by atoms with Crippen LogP contribution in [0.15, 0.2) is 46.2 Å². The maximum absolute atomic E-state index is 13.2. The summed E-state index contributed by atoms with van der Waals surface area (Å²) in [7, 11) is -0.684. The van der Waals surface area contributed by atoms with Crippen LogP contribution in [0, 0.1) is 5.92 Å². The van der Waals surface area contributed by atoms with Gasteiger partial charge >= 0.3 is 0 Å². The molecular weight excluding hydrogens is 422 g/mol. The van der Waals surface area contributed by atoms with Gasteiger partial charge < -0.3 is 14.0 Å². The first-order valence-electron chi connectivity index (χ1n) is 9.82. The Morgan fingerprint density at radius 2 is 2.03 bits per heavy atom. The minimum atomic E-state index is -3.67. The van der Waals surface area contributed by atoms with E-state index < -0.39 is 10.0 Å². The topological polar surface area (TPSA) is 121 Å². The van der Waals surface area contributed by atoms with Crippen LogP contribution in [0.1, 0.15) is 18.7 Å². The second kappa shape index (κ2) is 8.98. The van der Waals surface area contributed by atoms with Crippen LogP contribution in [-0.2, 0) is 16.4 Å². The number of piperidine rings is 1. The molecule has 4 rings (SSSR count). The number of rotatable bonds is 7. The molecule has 164 valence electrons. The summed E-state index contributed by atoms with van der Waals surface area (Å²) >= 11 is 0. The van der Waals surface area contributed by atoms with Crippen molar-refractivity contribution in [2.45, 2.75) is 24.2 Å². The minimum Gasteiger partial charge on any atom is -0.493 e. The van der Waals surface area contributed by atoms with Gasteiger partial charge in [0.1, 0.15) is 5.69 Å². The summed E-state index contributed by atoms with van der Waals surface area (Å²) in [4.78, 5) is 12.7. The van der Waals surface area contributed by atoms with Gasteiger partial charge in [-0.15, -0.1) is 0 Å². The summed E-state index contributed by atoms with van der Waals surface area (Å²) in [5, 5.41) is 3.96. The van der Waals surface area contributed by atoms with E-state index in [4.69, 9.17) is 14.0 Å².